The maximum Gasteiger partial charge on any atom is 0.408 e. The number of aliphatic carboxylic acids is 1. The van der Waals surface area contributed by atoms with Crippen molar-refractivity contribution in [2.24, 2.45) is 17.8 Å². The Labute approximate surface area is 328 Å². The number of anilines is 1. The molecule has 7 rings (SSSR count). The minimum Gasteiger partial charge on any atom is -0.497 e. The molecule has 1 aromatic carbocycles. The summed E-state index contributed by atoms with van der Waals surface area (Å²) in [5.74, 6) is -0.381. The Bertz CT molecular complexity index is 2030. The van der Waals surface area contributed by atoms with Gasteiger partial charge < -0.3 is 40.2 Å². The normalized spacial score (nSPS) is 26.9. The van der Waals surface area contributed by atoms with Crippen LogP contribution in [0.15, 0.2) is 36.4 Å². The molecular weight excluding hydrogens is 748 g/mol. The third-order valence-electron chi connectivity index (χ3n) is 11.2. The van der Waals surface area contributed by atoms with Crippen molar-refractivity contribution in [2.75, 3.05) is 19.0 Å². The average Bonchev–Trinajstić information content (AvgIpc) is 3.86. The molecule has 0 spiro atoms. The van der Waals surface area contributed by atoms with Crippen LogP contribution < -0.4 is 25.4 Å². The van der Waals surface area contributed by atoms with Crippen molar-refractivity contribution in [1.82, 2.24) is 25.5 Å². The topological polar surface area (TPSA) is 181 Å². The van der Waals surface area contributed by atoms with Crippen LogP contribution >= 0.6 is 22.9 Å². The van der Waals surface area contributed by atoms with Gasteiger partial charge in [0, 0.05) is 30.0 Å². The summed E-state index contributed by atoms with van der Waals surface area (Å²) in [6.45, 7) is 11.4. The van der Waals surface area contributed by atoms with Crippen LogP contribution in [0.5, 0.6) is 11.5 Å². The van der Waals surface area contributed by atoms with Crippen molar-refractivity contribution < 1.29 is 38.5 Å². The Morgan fingerprint density at radius 1 is 1.11 bits per heavy atom. The third-order valence-corrected chi connectivity index (χ3v) is 12.3. The van der Waals surface area contributed by atoms with Crippen molar-refractivity contribution in [3.05, 3.63) is 40.8 Å². The number of carboxylic acids is 1. The van der Waals surface area contributed by atoms with Gasteiger partial charge in [-0.05, 0) is 81.9 Å². The first-order valence-corrected chi connectivity index (χ1v) is 20.0. The van der Waals surface area contributed by atoms with Crippen LogP contribution in [0, 0.1) is 17.8 Å². The summed E-state index contributed by atoms with van der Waals surface area (Å²) in [5.41, 5.74) is 0.377. The van der Waals surface area contributed by atoms with E-state index in [9.17, 15) is 24.3 Å². The Morgan fingerprint density at radius 3 is 2.49 bits per heavy atom. The number of carboxylic acid groups (broad SMARTS) is 1. The number of hydrogen-bond donors (Lipinski definition) is 4. The molecule has 3 amide bonds. The maximum absolute atomic E-state index is 14.4. The first kappa shape index (κ1) is 38.6. The number of hydrogen-bond acceptors (Lipinski definition) is 11. The molecule has 3 saturated carbocycles. The second kappa shape index (κ2) is 15.1. The number of rotatable bonds is 14. The number of ether oxygens (including phenoxy) is 3. The van der Waals surface area contributed by atoms with Gasteiger partial charge in [-0.2, -0.15) is 0 Å². The van der Waals surface area contributed by atoms with E-state index in [1.165, 1.54) is 16.2 Å². The van der Waals surface area contributed by atoms with Crippen LogP contribution in [0.4, 0.5) is 9.93 Å². The number of carbonyl (C=O) groups excluding carboxylic acids is 3. The SMILES string of the molecule is C=C(C)[C@H](NC(=O)O[C@@H]1C[C@@H]2C[C@@H]2C1)C(=O)N1C[C@H](Oc2cc(-c3nc(NC(C)C)sc3Cl)nc3cc(OC)ccc23)C[C@H]1C(=O)N[C@]1(C(=O)O)C[C@H]1CC. The molecule has 16 heteroatoms. The molecule has 4 fully saturated rings. The molecule has 1 aliphatic heterocycles. The molecule has 4 aliphatic rings. The first-order chi connectivity index (χ1) is 26.2. The fourth-order valence-corrected chi connectivity index (χ4v) is 9.27. The molecule has 1 saturated heterocycles. The van der Waals surface area contributed by atoms with E-state index in [2.05, 4.69) is 22.5 Å². The highest BCUT2D eigenvalue weighted by Gasteiger charge is 2.61. The van der Waals surface area contributed by atoms with E-state index < -0.39 is 47.6 Å². The fraction of sp³-hybridized carbons (Fsp3) is 0.538. The number of thiazole rings is 1. The number of pyridine rings is 1. The number of aromatic nitrogens is 2. The van der Waals surface area contributed by atoms with E-state index in [-0.39, 0.29) is 31.0 Å². The summed E-state index contributed by atoms with van der Waals surface area (Å²) in [6, 6.07) is 4.90. The number of likely N-dealkylation sites (tertiary alicyclic amines) is 1. The van der Waals surface area contributed by atoms with Crippen LogP contribution in [-0.2, 0) is 19.1 Å². The monoisotopic (exact) mass is 794 g/mol. The van der Waals surface area contributed by atoms with Crippen LogP contribution in [0.25, 0.3) is 22.3 Å². The minimum atomic E-state index is -1.41. The Hall–Kier alpha value is -4.63. The number of methoxy groups -OCH3 is 1. The molecule has 8 atom stereocenters. The highest BCUT2D eigenvalue weighted by molar-refractivity contribution is 7.20. The van der Waals surface area contributed by atoms with Crippen LogP contribution in [-0.4, -0.2) is 93.4 Å². The zero-order chi connectivity index (χ0) is 39.3. The van der Waals surface area contributed by atoms with Crippen molar-refractivity contribution in [3.63, 3.8) is 0 Å². The summed E-state index contributed by atoms with van der Waals surface area (Å²) in [7, 11) is 1.56. The highest BCUT2D eigenvalue weighted by Crippen LogP contribution is 2.52. The molecular formula is C39H47ClN6O8S. The van der Waals surface area contributed by atoms with Gasteiger partial charge in [-0.1, -0.05) is 42.9 Å². The van der Waals surface area contributed by atoms with E-state index in [0.29, 0.717) is 73.5 Å². The van der Waals surface area contributed by atoms with Gasteiger partial charge in [-0.3, -0.25) is 9.59 Å². The minimum absolute atomic E-state index is 0.0392. The number of halogens is 1. The number of nitrogens with one attached hydrogen (secondary N) is 3. The lowest BCUT2D eigenvalue weighted by atomic mass is 10.1. The van der Waals surface area contributed by atoms with E-state index in [1.807, 2.05) is 26.8 Å². The van der Waals surface area contributed by atoms with Crippen molar-refractivity contribution >= 4 is 62.8 Å². The van der Waals surface area contributed by atoms with Gasteiger partial charge in [-0.25, -0.2) is 19.6 Å². The van der Waals surface area contributed by atoms with Gasteiger partial charge in [0.05, 0.1) is 24.9 Å². The number of amides is 3. The molecule has 0 bridgehead atoms. The van der Waals surface area contributed by atoms with Crippen molar-refractivity contribution in [1.29, 1.82) is 0 Å². The van der Waals surface area contributed by atoms with Gasteiger partial charge in [0.15, 0.2) is 5.13 Å². The average molecular weight is 795 g/mol. The van der Waals surface area contributed by atoms with Crippen LogP contribution in [0.3, 0.4) is 0 Å². The van der Waals surface area contributed by atoms with Gasteiger partial charge in [0.1, 0.15) is 51.4 Å². The lowest BCUT2D eigenvalue weighted by molar-refractivity contribution is -0.145. The number of benzene rings is 1. The predicted molar refractivity (Wildman–Crippen MR) is 207 cm³/mol. The predicted octanol–water partition coefficient (Wildman–Crippen LogP) is 6.03. The quantitative estimate of drug-likeness (QED) is 0.140. The maximum atomic E-state index is 14.4. The largest absolute Gasteiger partial charge is 0.497 e. The van der Waals surface area contributed by atoms with Gasteiger partial charge >= 0.3 is 12.1 Å². The lowest BCUT2D eigenvalue weighted by Gasteiger charge is -2.29. The van der Waals surface area contributed by atoms with Crippen LogP contribution in [0.1, 0.15) is 66.2 Å². The molecule has 2 aromatic heterocycles. The van der Waals surface area contributed by atoms with Gasteiger partial charge in [0.25, 0.3) is 0 Å². The summed E-state index contributed by atoms with van der Waals surface area (Å²) in [6.07, 6.45) is 2.02. The second-order valence-electron chi connectivity index (χ2n) is 15.6. The molecule has 3 heterocycles. The number of nitrogens with zero attached hydrogens (tertiary/aromatic N) is 3. The molecule has 14 nitrogen and oxygen atoms in total. The Kier molecular flexibility index (Phi) is 10.6. The summed E-state index contributed by atoms with van der Waals surface area (Å²) < 4.78 is 18.2. The summed E-state index contributed by atoms with van der Waals surface area (Å²) in [5, 5.41) is 20.1. The van der Waals surface area contributed by atoms with Crippen molar-refractivity contribution in [3.8, 4) is 22.9 Å². The second-order valence-corrected chi connectivity index (χ2v) is 17.2. The summed E-state index contributed by atoms with van der Waals surface area (Å²) in [4.78, 5) is 64.8. The Morgan fingerprint density at radius 2 is 1.85 bits per heavy atom. The first-order valence-electron chi connectivity index (χ1n) is 18.8. The zero-order valence-electron chi connectivity index (χ0n) is 31.5. The standard InChI is InChI=1S/C39H47ClN6O8S/c1-7-22-16-39(22,36(49)50)45-34(47)29-14-25(17-46(29)35(48)31(18(2)3)44-38(51)54-24-11-20-10-21(20)12-24)53-30-15-28(32-33(40)55-37(43-32)41-19(4)5)42-27-13-23(52-6)8-9-26(27)30/h8-9,13,15,19-22,24-25,29,31H,2,7,10-12,14,16-17H2,1,3-6H3,(H,41,43)(H,44,51)(H,45,47)(H,49,50)/t20-,21+,22-,24+,25-,29+,31+,39-/m1/s1. The smallest absolute Gasteiger partial charge is 0.408 e. The molecule has 3 aromatic rings. The molecule has 0 radical (unpaired) electrons. The van der Waals surface area contributed by atoms with Crippen molar-refractivity contribution in [2.45, 2.75) is 102 Å². The molecule has 4 N–H and O–H groups in total. The van der Waals surface area contributed by atoms with Crippen LogP contribution in [0.2, 0.25) is 4.34 Å². The van der Waals surface area contributed by atoms with E-state index in [4.69, 9.17) is 35.8 Å². The number of carbonyl (C=O) groups is 4. The zero-order valence-corrected chi connectivity index (χ0v) is 33.1. The lowest BCUT2D eigenvalue weighted by Crippen LogP contribution is -2.56. The van der Waals surface area contributed by atoms with Gasteiger partial charge in [-0.15, -0.1) is 0 Å². The molecule has 0 unspecified atom stereocenters. The van der Waals surface area contributed by atoms with E-state index in [0.717, 1.165) is 19.3 Å². The number of alkyl carbamates (subject to hydrolysis) is 1. The molecule has 294 valence electrons. The Balaban J connectivity index is 1.18. The highest BCUT2D eigenvalue weighted by atomic mass is 35.5. The van der Waals surface area contributed by atoms with E-state index in [1.54, 1.807) is 32.2 Å². The summed E-state index contributed by atoms with van der Waals surface area (Å²) >= 11 is 7.98. The fourth-order valence-electron chi connectivity index (χ4n) is 8.06. The van der Waals surface area contributed by atoms with E-state index >= 15 is 0 Å². The molecule has 55 heavy (non-hydrogen) atoms. The number of fused-ring (bicyclic) bond motifs is 2. The van der Waals surface area contributed by atoms with Gasteiger partial charge in [0.2, 0.25) is 11.8 Å². The third kappa shape index (κ3) is 7.91. The molecule has 3 aliphatic carbocycles.